The molecule has 0 unspecified atom stereocenters. The summed E-state index contributed by atoms with van der Waals surface area (Å²) in [4.78, 5) is 15.3. The zero-order valence-electron chi connectivity index (χ0n) is 8.25. The van der Waals surface area contributed by atoms with Crippen LogP contribution in [0.5, 0.6) is 0 Å². The van der Waals surface area contributed by atoms with E-state index in [9.17, 15) is 4.79 Å². The van der Waals surface area contributed by atoms with Gasteiger partial charge in [0.05, 0.1) is 12.2 Å². The van der Waals surface area contributed by atoms with E-state index in [0.29, 0.717) is 11.7 Å². The van der Waals surface area contributed by atoms with Crippen LogP contribution in [0.1, 0.15) is 19.5 Å². The molecule has 0 fully saturated rings. The number of halogens is 1. The van der Waals surface area contributed by atoms with E-state index < -0.39 is 0 Å². The summed E-state index contributed by atoms with van der Waals surface area (Å²) in [6.45, 7) is 4.12. The second kappa shape index (κ2) is 4.96. The molecule has 0 aliphatic rings. The molecule has 0 saturated heterocycles. The van der Waals surface area contributed by atoms with Crippen LogP contribution in [0.4, 0.5) is 0 Å². The zero-order valence-corrected chi connectivity index (χ0v) is 9.01. The molecule has 0 spiro atoms. The van der Waals surface area contributed by atoms with E-state index in [0.717, 1.165) is 5.69 Å². The van der Waals surface area contributed by atoms with E-state index in [1.807, 2.05) is 26.0 Å². The molecular weight excluding hydrogens is 200 g/mol. The van der Waals surface area contributed by atoms with Crippen molar-refractivity contribution in [3.8, 4) is 0 Å². The number of hydrogen-bond donors (Lipinski definition) is 1. The number of aromatic nitrogens is 1. The molecule has 0 aliphatic heterocycles. The standard InChI is InChI=1S/C10H13ClN2O/c1-7(2)10(14)12-6-8-4-3-5-9(11)13-8/h3-5,7H,6H2,1-2H3,(H,12,14). The van der Waals surface area contributed by atoms with Crippen molar-refractivity contribution >= 4 is 17.5 Å². The molecule has 0 aromatic carbocycles. The average Bonchev–Trinajstić information content (AvgIpc) is 2.14. The van der Waals surface area contributed by atoms with Gasteiger partial charge in [-0.15, -0.1) is 0 Å². The molecule has 0 radical (unpaired) electrons. The van der Waals surface area contributed by atoms with E-state index in [-0.39, 0.29) is 11.8 Å². The summed E-state index contributed by atoms with van der Waals surface area (Å²) in [5.41, 5.74) is 0.770. The fourth-order valence-electron chi connectivity index (χ4n) is 0.931. The lowest BCUT2D eigenvalue weighted by atomic mass is 10.2. The van der Waals surface area contributed by atoms with Crippen LogP contribution in [-0.4, -0.2) is 10.9 Å². The lowest BCUT2D eigenvalue weighted by Gasteiger charge is -2.06. The second-order valence-corrected chi connectivity index (χ2v) is 3.71. The van der Waals surface area contributed by atoms with Crippen LogP contribution in [-0.2, 0) is 11.3 Å². The van der Waals surface area contributed by atoms with Gasteiger partial charge >= 0.3 is 0 Å². The summed E-state index contributed by atoms with van der Waals surface area (Å²) in [7, 11) is 0. The molecule has 0 bridgehead atoms. The Labute approximate surface area is 88.5 Å². The Bertz CT molecular complexity index is 326. The van der Waals surface area contributed by atoms with Crippen molar-refractivity contribution in [2.24, 2.45) is 5.92 Å². The number of amides is 1. The number of hydrogen-bond acceptors (Lipinski definition) is 2. The smallest absolute Gasteiger partial charge is 0.222 e. The molecule has 0 atom stereocenters. The predicted octanol–water partition coefficient (Wildman–Crippen LogP) is 2.01. The molecule has 1 heterocycles. The fourth-order valence-corrected chi connectivity index (χ4v) is 1.11. The number of nitrogens with zero attached hydrogens (tertiary/aromatic N) is 1. The van der Waals surface area contributed by atoms with Crippen molar-refractivity contribution in [3.63, 3.8) is 0 Å². The first-order valence-electron chi connectivity index (χ1n) is 4.48. The molecule has 14 heavy (non-hydrogen) atoms. The third kappa shape index (κ3) is 3.34. The maximum atomic E-state index is 11.2. The maximum Gasteiger partial charge on any atom is 0.222 e. The maximum absolute atomic E-state index is 11.2. The van der Waals surface area contributed by atoms with Gasteiger partial charge in [0.25, 0.3) is 0 Å². The van der Waals surface area contributed by atoms with Crippen LogP contribution in [0, 0.1) is 5.92 Å². The van der Waals surface area contributed by atoms with E-state index in [4.69, 9.17) is 11.6 Å². The Hall–Kier alpha value is -1.09. The molecule has 4 heteroatoms. The van der Waals surface area contributed by atoms with Crippen LogP contribution in [0.3, 0.4) is 0 Å². The molecule has 1 amide bonds. The Morgan fingerprint density at radius 1 is 1.57 bits per heavy atom. The minimum absolute atomic E-state index is 0.00539. The average molecular weight is 213 g/mol. The summed E-state index contributed by atoms with van der Waals surface area (Å²) in [5.74, 6) is 0.0148. The quantitative estimate of drug-likeness (QED) is 0.779. The van der Waals surface area contributed by atoms with Gasteiger partial charge in [-0.05, 0) is 12.1 Å². The number of carbonyl (C=O) groups excluding carboxylic acids is 1. The third-order valence-electron chi connectivity index (χ3n) is 1.74. The number of pyridine rings is 1. The monoisotopic (exact) mass is 212 g/mol. The normalized spacial score (nSPS) is 10.3. The van der Waals surface area contributed by atoms with Gasteiger partial charge in [0.2, 0.25) is 5.91 Å². The van der Waals surface area contributed by atoms with Gasteiger partial charge < -0.3 is 5.32 Å². The molecule has 3 nitrogen and oxygen atoms in total. The molecule has 76 valence electrons. The SMILES string of the molecule is CC(C)C(=O)NCc1cccc(Cl)n1. The van der Waals surface area contributed by atoms with Gasteiger partial charge in [0, 0.05) is 5.92 Å². The highest BCUT2D eigenvalue weighted by Gasteiger charge is 2.05. The molecule has 1 N–H and O–H groups in total. The van der Waals surface area contributed by atoms with Gasteiger partial charge in [-0.2, -0.15) is 0 Å². The molecule has 0 aliphatic carbocycles. The zero-order chi connectivity index (χ0) is 10.6. The van der Waals surface area contributed by atoms with Crippen LogP contribution < -0.4 is 5.32 Å². The van der Waals surface area contributed by atoms with Gasteiger partial charge in [0.15, 0.2) is 0 Å². The Morgan fingerprint density at radius 3 is 2.86 bits per heavy atom. The lowest BCUT2D eigenvalue weighted by molar-refractivity contribution is -0.124. The topological polar surface area (TPSA) is 42.0 Å². The summed E-state index contributed by atoms with van der Waals surface area (Å²) < 4.78 is 0. The second-order valence-electron chi connectivity index (χ2n) is 3.32. The van der Waals surface area contributed by atoms with Crippen LogP contribution in [0.2, 0.25) is 5.15 Å². The number of carbonyl (C=O) groups is 1. The van der Waals surface area contributed by atoms with E-state index >= 15 is 0 Å². The first-order valence-corrected chi connectivity index (χ1v) is 4.86. The van der Waals surface area contributed by atoms with Gasteiger partial charge in [-0.25, -0.2) is 4.98 Å². The largest absolute Gasteiger partial charge is 0.350 e. The lowest BCUT2D eigenvalue weighted by Crippen LogP contribution is -2.27. The van der Waals surface area contributed by atoms with Crippen LogP contribution >= 0.6 is 11.6 Å². The van der Waals surface area contributed by atoms with Crippen molar-refractivity contribution < 1.29 is 4.79 Å². The summed E-state index contributed by atoms with van der Waals surface area (Å²) >= 11 is 5.70. The molecule has 1 aromatic heterocycles. The highest BCUT2D eigenvalue weighted by Crippen LogP contribution is 2.04. The minimum Gasteiger partial charge on any atom is -0.350 e. The molecular formula is C10H13ClN2O. The van der Waals surface area contributed by atoms with E-state index in [1.165, 1.54) is 0 Å². The first kappa shape index (κ1) is 11.0. The van der Waals surface area contributed by atoms with E-state index in [1.54, 1.807) is 6.07 Å². The van der Waals surface area contributed by atoms with Crippen molar-refractivity contribution in [1.29, 1.82) is 0 Å². The van der Waals surface area contributed by atoms with E-state index in [2.05, 4.69) is 10.3 Å². The van der Waals surface area contributed by atoms with Crippen molar-refractivity contribution in [1.82, 2.24) is 10.3 Å². The Morgan fingerprint density at radius 2 is 2.29 bits per heavy atom. The third-order valence-corrected chi connectivity index (χ3v) is 1.95. The van der Waals surface area contributed by atoms with Gasteiger partial charge in [-0.1, -0.05) is 31.5 Å². The molecule has 0 saturated carbocycles. The van der Waals surface area contributed by atoms with Crippen molar-refractivity contribution in [2.75, 3.05) is 0 Å². The minimum atomic E-state index is -0.00539. The molecule has 1 rings (SSSR count). The molecule has 1 aromatic rings. The fraction of sp³-hybridized carbons (Fsp3) is 0.400. The summed E-state index contributed by atoms with van der Waals surface area (Å²) in [6, 6.07) is 5.34. The highest BCUT2D eigenvalue weighted by molar-refractivity contribution is 6.29. The van der Waals surface area contributed by atoms with Crippen LogP contribution in [0.25, 0.3) is 0 Å². The number of nitrogens with one attached hydrogen (secondary N) is 1. The van der Waals surface area contributed by atoms with Gasteiger partial charge in [0.1, 0.15) is 5.15 Å². The predicted molar refractivity (Wildman–Crippen MR) is 55.9 cm³/mol. The van der Waals surface area contributed by atoms with Crippen LogP contribution in [0.15, 0.2) is 18.2 Å². The highest BCUT2D eigenvalue weighted by atomic mass is 35.5. The Kier molecular flexibility index (Phi) is 3.89. The summed E-state index contributed by atoms with van der Waals surface area (Å²) in [6.07, 6.45) is 0. The van der Waals surface area contributed by atoms with Crippen molar-refractivity contribution in [3.05, 3.63) is 29.0 Å². The number of rotatable bonds is 3. The summed E-state index contributed by atoms with van der Waals surface area (Å²) in [5, 5.41) is 3.21. The first-order chi connectivity index (χ1) is 6.59. The Balaban J connectivity index is 2.50. The van der Waals surface area contributed by atoms with Crippen molar-refractivity contribution in [2.45, 2.75) is 20.4 Å². The van der Waals surface area contributed by atoms with Gasteiger partial charge in [-0.3, -0.25) is 4.79 Å².